The summed E-state index contributed by atoms with van der Waals surface area (Å²) in [6.07, 6.45) is 0. The van der Waals surface area contributed by atoms with Crippen LogP contribution < -0.4 is 0 Å². The summed E-state index contributed by atoms with van der Waals surface area (Å²) in [5, 5.41) is 0.479. The topological polar surface area (TPSA) is 37.4 Å². The molecule has 112 valence electrons. The maximum Gasteiger partial charge on any atom is 0.243 e. The molecule has 0 heterocycles. The Morgan fingerprint density at radius 3 is 2.33 bits per heavy atom. The van der Waals surface area contributed by atoms with E-state index in [4.69, 9.17) is 11.6 Å². The van der Waals surface area contributed by atoms with Crippen LogP contribution in [0.15, 0.2) is 57.9 Å². The lowest BCUT2D eigenvalue weighted by atomic mass is 10.1. The summed E-state index contributed by atoms with van der Waals surface area (Å²) < 4.78 is 27.3. The Morgan fingerprint density at radius 2 is 1.76 bits per heavy atom. The van der Waals surface area contributed by atoms with Crippen LogP contribution in [-0.4, -0.2) is 19.8 Å². The number of nitrogens with zero attached hydrogens (tertiary/aromatic N) is 1. The van der Waals surface area contributed by atoms with Crippen molar-refractivity contribution in [1.82, 2.24) is 4.31 Å². The van der Waals surface area contributed by atoms with Crippen molar-refractivity contribution in [3.05, 3.63) is 63.6 Å². The fourth-order valence-electron chi connectivity index (χ4n) is 1.95. The molecular weight excluding hydrogens is 374 g/mol. The molecule has 0 aliphatic heterocycles. The van der Waals surface area contributed by atoms with Gasteiger partial charge >= 0.3 is 0 Å². The van der Waals surface area contributed by atoms with Crippen LogP contribution in [0.3, 0.4) is 0 Å². The molecule has 0 radical (unpaired) electrons. The zero-order valence-corrected chi connectivity index (χ0v) is 14.8. The molecule has 0 saturated heterocycles. The van der Waals surface area contributed by atoms with Crippen molar-refractivity contribution in [2.24, 2.45) is 0 Å². The van der Waals surface area contributed by atoms with Gasteiger partial charge in [0.1, 0.15) is 0 Å². The van der Waals surface area contributed by atoms with Gasteiger partial charge in [0, 0.05) is 17.6 Å². The molecule has 0 saturated carbocycles. The van der Waals surface area contributed by atoms with Crippen molar-refractivity contribution < 1.29 is 8.42 Å². The van der Waals surface area contributed by atoms with Gasteiger partial charge in [-0.3, -0.25) is 0 Å². The summed E-state index contributed by atoms with van der Waals surface area (Å²) in [5.41, 5.74) is 0.941. The van der Waals surface area contributed by atoms with Gasteiger partial charge in [0.25, 0.3) is 0 Å². The Bertz CT molecular complexity index is 735. The van der Waals surface area contributed by atoms with E-state index in [1.807, 2.05) is 37.3 Å². The molecule has 1 atom stereocenters. The molecule has 2 aromatic rings. The highest BCUT2D eigenvalue weighted by Crippen LogP contribution is 2.29. The van der Waals surface area contributed by atoms with Gasteiger partial charge in [0.2, 0.25) is 10.0 Å². The number of halogens is 2. The van der Waals surface area contributed by atoms with Gasteiger partial charge in [-0.05, 0) is 46.6 Å². The lowest BCUT2D eigenvalue weighted by Crippen LogP contribution is -2.29. The second-order valence-electron chi connectivity index (χ2n) is 4.68. The summed E-state index contributed by atoms with van der Waals surface area (Å²) in [5.74, 6) is 0. The largest absolute Gasteiger partial charge is 0.243 e. The first-order chi connectivity index (χ1) is 9.84. The fraction of sp³-hybridized carbons (Fsp3) is 0.200. The van der Waals surface area contributed by atoms with Crippen LogP contribution in [0, 0.1) is 0 Å². The lowest BCUT2D eigenvalue weighted by molar-refractivity contribution is 0.398. The molecule has 2 aromatic carbocycles. The highest BCUT2D eigenvalue weighted by molar-refractivity contribution is 9.10. The monoisotopic (exact) mass is 387 g/mol. The summed E-state index contributed by atoms with van der Waals surface area (Å²) in [7, 11) is -2.00. The molecule has 0 aromatic heterocycles. The second kappa shape index (κ2) is 6.48. The molecule has 0 N–H and O–H groups in total. The predicted octanol–water partition coefficient (Wildman–Crippen LogP) is 4.48. The SMILES string of the molecule is CC(c1ccccc1)N(C)S(=O)(=O)c1ccc(Cl)c(Br)c1. The zero-order valence-electron chi connectivity index (χ0n) is 11.6. The number of hydrogen-bond donors (Lipinski definition) is 0. The van der Waals surface area contributed by atoms with Crippen LogP contribution in [0.25, 0.3) is 0 Å². The predicted molar refractivity (Wildman–Crippen MR) is 89.0 cm³/mol. The average molecular weight is 389 g/mol. The van der Waals surface area contributed by atoms with Gasteiger partial charge in [0.05, 0.1) is 9.92 Å². The van der Waals surface area contributed by atoms with Crippen molar-refractivity contribution in [2.75, 3.05) is 7.05 Å². The minimum Gasteiger partial charge on any atom is -0.207 e. The Hall–Kier alpha value is -0.880. The van der Waals surface area contributed by atoms with E-state index in [0.29, 0.717) is 9.50 Å². The molecule has 0 fully saturated rings. The van der Waals surface area contributed by atoms with Crippen molar-refractivity contribution in [3.8, 4) is 0 Å². The first-order valence-electron chi connectivity index (χ1n) is 6.32. The first kappa shape index (κ1) is 16.5. The van der Waals surface area contributed by atoms with Crippen LogP contribution in [0.5, 0.6) is 0 Å². The highest BCUT2D eigenvalue weighted by atomic mass is 79.9. The van der Waals surface area contributed by atoms with Crippen LogP contribution >= 0.6 is 27.5 Å². The van der Waals surface area contributed by atoms with E-state index in [0.717, 1.165) is 5.56 Å². The summed E-state index contributed by atoms with van der Waals surface area (Å²) >= 11 is 9.17. The standard InChI is InChI=1S/C15H15BrClNO2S/c1-11(12-6-4-3-5-7-12)18(2)21(19,20)13-8-9-15(17)14(16)10-13/h3-11H,1-2H3. The summed E-state index contributed by atoms with van der Waals surface area (Å²) in [6.45, 7) is 1.86. The van der Waals surface area contributed by atoms with E-state index in [2.05, 4.69) is 15.9 Å². The van der Waals surface area contributed by atoms with E-state index in [1.165, 1.54) is 16.4 Å². The zero-order chi connectivity index (χ0) is 15.6. The van der Waals surface area contributed by atoms with Crippen LogP contribution in [0.4, 0.5) is 0 Å². The molecule has 0 aliphatic carbocycles. The van der Waals surface area contributed by atoms with E-state index >= 15 is 0 Å². The molecule has 6 heteroatoms. The smallest absolute Gasteiger partial charge is 0.207 e. The van der Waals surface area contributed by atoms with Crippen molar-refractivity contribution in [1.29, 1.82) is 0 Å². The van der Waals surface area contributed by atoms with Gasteiger partial charge in [0.15, 0.2) is 0 Å². The van der Waals surface area contributed by atoms with E-state index in [1.54, 1.807) is 13.1 Å². The van der Waals surface area contributed by atoms with Gasteiger partial charge in [-0.15, -0.1) is 0 Å². The van der Waals surface area contributed by atoms with Gasteiger partial charge in [-0.2, -0.15) is 4.31 Å². The molecule has 0 aliphatic rings. The molecular formula is C15H15BrClNO2S. The Balaban J connectivity index is 2.36. The minimum absolute atomic E-state index is 0.212. The van der Waals surface area contributed by atoms with Crippen molar-refractivity contribution in [3.63, 3.8) is 0 Å². The maximum atomic E-state index is 12.7. The number of sulfonamides is 1. The van der Waals surface area contributed by atoms with Crippen LogP contribution in [0.2, 0.25) is 5.02 Å². The molecule has 21 heavy (non-hydrogen) atoms. The van der Waals surface area contributed by atoms with Crippen LogP contribution in [0.1, 0.15) is 18.5 Å². The highest BCUT2D eigenvalue weighted by Gasteiger charge is 2.26. The van der Waals surface area contributed by atoms with Crippen molar-refractivity contribution >= 4 is 37.6 Å². The van der Waals surface area contributed by atoms with E-state index in [9.17, 15) is 8.42 Å². The van der Waals surface area contributed by atoms with Gasteiger partial charge in [-0.25, -0.2) is 8.42 Å². The fourth-order valence-corrected chi connectivity index (χ4v) is 3.98. The van der Waals surface area contributed by atoms with E-state index < -0.39 is 10.0 Å². The number of rotatable bonds is 4. The molecule has 3 nitrogen and oxygen atoms in total. The lowest BCUT2D eigenvalue weighted by Gasteiger charge is -2.24. The number of hydrogen-bond acceptors (Lipinski definition) is 2. The maximum absolute atomic E-state index is 12.7. The summed E-state index contributed by atoms with van der Waals surface area (Å²) in [4.78, 5) is 0.212. The minimum atomic E-state index is -3.58. The van der Waals surface area contributed by atoms with E-state index in [-0.39, 0.29) is 10.9 Å². The molecule has 0 bridgehead atoms. The second-order valence-corrected chi connectivity index (χ2v) is 7.94. The van der Waals surface area contributed by atoms with Crippen molar-refractivity contribution in [2.45, 2.75) is 17.9 Å². The Labute approximate surface area is 138 Å². The molecule has 2 rings (SSSR count). The Morgan fingerprint density at radius 1 is 1.14 bits per heavy atom. The van der Waals surface area contributed by atoms with Gasteiger partial charge in [-0.1, -0.05) is 41.9 Å². The quantitative estimate of drug-likeness (QED) is 0.774. The molecule has 0 amide bonds. The molecule has 0 spiro atoms. The first-order valence-corrected chi connectivity index (χ1v) is 8.93. The third kappa shape index (κ3) is 3.48. The normalized spacial score (nSPS) is 13.4. The average Bonchev–Trinajstić information content (AvgIpc) is 2.49. The number of benzene rings is 2. The van der Waals surface area contributed by atoms with Gasteiger partial charge < -0.3 is 0 Å². The van der Waals surface area contributed by atoms with Crippen LogP contribution in [-0.2, 0) is 10.0 Å². The molecule has 1 unspecified atom stereocenters. The Kier molecular flexibility index (Phi) is 5.09. The third-order valence-electron chi connectivity index (χ3n) is 3.40. The third-order valence-corrected chi connectivity index (χ3v) is 6.53. The summed E-state index contributed by atoms with van der Waals surface area (Å²) in [6, 6.07) is 13.9.